The van der Waals surface area contributed by atoms with E-state index in [1.165, 1.54) is 28.6 Å². The van der Waals surface area contributed by atoms with Crippen LogP contribution in [0.2, 0.25) is 5.02 Å². The lowest BCUT2D eigenvalue weighted by molar-refractivity contribution is -0.159. The van der Waals surface area contributed by atoms with Crippen molar-refractivity contribution in [2.45, 2.75) is 11.4 Å². The fourth-order valence-corrected chi connectivity index (χ4v) is 4.33. The van der Waals surface area contributed by atoms with Crippen molar-refractivity contribution >= 4 is 33.6 Å². The van der Waals surface area contributed by atoms with E-state index in [0.717, 1.165) is 5.56 Å². The average Bonchev–Trinajstić information content (AvgIpc) is 2.69. The van der Waals surface area contributed by atoms with Gasteiger partial charge in [0.2, 0.25) is 10.0 Å². The molecule has 11 heteroatoms. The van der Waals surface area contributed by atoms with Gasteiger partial charge in [0.05, 0.1) is 4.90 Å². The summed E-state index contributed by atoms with van der Waals surface area (Å²) in [5, 5.41) is 15.3. The zero-order valence-corrected chi connectivity index (χ0v) is 17.3. The Hall–Kier alpha value is -2.53. The van der Waals surface area contributed by atoms with E-state index in [-0.39, 0.29) is 10.7 Å². The summed E-state index contributed by atoms with van der Waals surface area (Å²) < 4.78 is 40.0. The van der Waals surface area contributed by atoms with Gasteiger partial charge in [0.15, 0.2) is 0 Å². The molecule has 2 N–H and O–H groups in total. The molecule has 1 aliphatic rings. The highest BCUT2D eigenvalue weighted by Gasteiger charge is 2.28. The van der Waals surface area contributed by atoms with E-state index in [1.54, 1.807) is 18.2 Å². The first-order valence-electron chi connectivity index (χ1n) is 8.78. The van der Waals surface area contributed by atoms with Crippen molar-refractivity contribution in [3.05, 3.63) is 64.9 Å². The zero-order valence-electron chi connectivity index (χ0n) is 15.7. The first-order chi connectivity index (χ1) is 14.1. The highest BCUT2D eigenvalue weighted by atomic mass is 35.5. The van der Waals surface area contributed by atoms with Gasteiger partial charge >= 0.3 is 11.9 Å². The Bertz CT molecular complexity index is 980. The third kappa shape index (κ3) is 6.77. The summed E-state index contributed by atoms with van der Waals surface area (Å²) in [5.41, 5.74) is 0.893. The van der Waals surface area contributed by atoms with Crippen molar-refractivity contribution in [3.8, 4) is 0 Å². The second-order valence-electron chi connectivity index (χ2n) is 6.37. The van der Waals surface area contributed by atoms with E-state index in [4.69, 9.17) is 31.4 Å². The SMILES string of the molecule is O=C(O)C(=O)O.O=S(=O)(c1ccc(Cl)cc1)N1CCN(Cc2cccc(F)c2)CC1. The zero-order chi connectivity index (χ0) is 22.3. The summed E-state index contributed by atoms with van der Waals surface area (Å²) in [5.74, 6) is -3.90. The van der Waals surface area contributed by atoms with Crippen LogP contribution in [0.4, 0.5) is 4.39 Å². The lowest BCUT2D eigenvalue weighted by Crippen LogP contribution is -2.48. The number of sulfonamides is 1. The first kappa shape index (κ1) is 23.7. The molecule has 1 heterocycles. The lowest BCUT2D eigenvalue weighted by Gasteiger charge is -2.34. The fourth-order valence-electron chi connectivity index (χ4n) is 2.78. The van der Waals surface area contributed by atoms with Gasteiger partial charge < -0.3 is 10.2 Å². The van der Waals surface area contributed by atoms with Gasteiger partial charge in [0.1, 0.15) is 5.82 Å². The fraction of sp³-hybridized carbons (Fsp3) is 0.263. The molecule has 3 rings (SSSR count). The summed E-state index contributed by atoms with van der Waals surface area (Å²) in [6.45, 7) is 2.68. The Balaban J connectivity index is 0.000000469. The van der Waals surface area contributed by atoms with Crippen molar-refractivity contribution in [2.24, 2.45) is 0 Å². The largest absolute Gasteiger partial charge is 0.473 e. The van der Waals surface area contributed by atoms with Crippen LogP contribution in [-0.2, 0) is 26.2 Å². The molecular formula is C19H20ClFN2O6S. The maximum atomic E-state index is 13.2. The topological polar surface area (TPSA) is 115 Å². The van der Waals surface area contributed by atoms with E-state index in [1.807, 2.05) is 6.07 Å². The molecule has 162 valence electrons. The Morgan fingerprint density at radius 1 is 0.967 bits per heavy atom. The monoisotopic (exact) mass is 458 g/mol. The molecule has 0 radical (unpaired) electrons. The number of hydrogen-bond donors (Lipinski definition) is 2. The van der Waals surface area contributed by atoms with E-state index in [0.29, 0.717) is 37.7 Å². The van der Waals surface area contributed by atoms with Crippen LogP contribution in [0.5, 0.6) is 0 Å². The van der Waals surface area contributed by atoms with E-state index in [9.17, 15) is 12.8 Å². The standard InChI is InChI=1S/C17H18ClFN2O2S.C2H2O4/c18-15-4-6-17(7-5-15)24(22,23)21-10-8-20(9-11-21)13-14-2-1-3-16(19)12-14;3-1(4)2(5)6/h1-7,12H,8-11,13H2;(H,3,4)(H,5,6). The summed E-state index contributed by atoms with van der Waals surface area (Å²) in [6, 6.07) is 12.7. The van der Waals surface area contributed by atoms with Gasteiger partial charge in [-0.05, 0) is 42.0 Å². The molecule has 2 aromatic rings. The van der Waals surface area contributed by atoms with Crippen LogP contribution >= 0.6 is 11.6 Å². The lowest BCUT2D eigenvalue weighted by atomic mass is 10.2. The number of rotatable bonds is 4. The summed E-state index contributed by atoms with van der Waals surface area (Å²) in [7, 11) is -3.49. The molecule has 0 aliphatic carbocycles. The molecule has 0 amide bonds. The number of carboxylic acid groups (broad SMARTS) is 2. The molecular weight excluding hydrogens is 439 g/mol. The van der Waals surface area contributed by atoms with Crippen LogP contribution in [0, 0.1) is 5.82 Å². The predicted octanol–water partition coefficient (Wildman–Crippen LogP) is 2.14. The third-order valence-electron chi connectivity index (χ3n) is 4.26. The molecule has 1 aliphatic heterocycles. The molecule has 0 spiro atoms. The number of benzene rings is 2. The van der Waals surface area contributed by atoms with Gasteiger partial charge in [-0.3, -0.25) is 4.90 Å². The Labute approximate surface area is 178 Å². The number of aliphatic carboxylic acids is 2. The van der Waals surface area contributed by atoms with Crippen LogP contribution in [0.15, 0.2) is 53.4 Å². The maximum Gasteiger partial charge on any atom is 0.414 e. The minimum Gasteiger partial charge on any atom is -0.473 e. The molecule has 1 fully saturated rings. The molecule has 30 heavy (non-hydrogen) atoms. The van der Waals surface area contributed by atoms with Gasteiger partial charge in [-0.2, -0.15) is 4.31 Å². The maximum absolute atomic E-state index is 13.2. The minimum atomic E-state index is -3.49. The molecule has 0 saturated carbocycles. The second kappa shape index (κ2) is 10.5. The van der Waals surface area contributed by atoms with Crippen LogP contribution in [0.3, 0.4) is 0 Å². The summed E-state index contributed by atoms with van der Waals surface area (Å²) in [4.78, 5) is 20.6. The summed E-state index contributed by atoms with van der Waals surface area (Å²) >= 11 is 5.81. The molecule has 0 atom stereocenters. The van der Waals surface area contributed by atoms with Crippen LogP contribution in [-0.4, -0.2) is 66.0 Å². The van der Waals surface area contributed by atoms with Crippen molar-refractivity contribution in [1.29, 1.82) is 0 Å². The molecule has 2 aromatic carbocycles. The van der Waals surface area contributed by atoms with E-state index in [2.05, 4.69) is 4.90 Å². The third-order valence-corrected chi connectivity index (χ3v) is 6.43. The molecule has 0 bridgehead atoms. The van der Waals surface area contributed by atoms with Crippen molar-refractivity contribution in [2.75, 3.05) is 26.2 Å². The molecule has 1 saturated heterocycles. The number of hydrogen-bond acceptors (Lipinski definition) is 5. The Kier molecular flexibility index (Phi) is 8.30. The van der Waals surface area contributed by atoms with Crippen LogP contribution < -0.4 is 0 Å². The number of halogens is 2. The highest BCUT2D eigenvalue weighted by molar-refractivity contribution is 7.89. The first-order valence-corrected chi connectivity index (χ1v) is 10.6. The van der Waals surface area contributed by atoms with Gasteiger partial charge in [-0.15, -0.1) is 0 Å². The van der Waals surface area contributed by atoms with Crippen molar-refractivity contribution in [1.82, 2.24) is 9.21 Å². The Morgan fingerprint density at radius 3 is 2.03 bits per heavy atom. The van der Waals surface area contributed by atoms with E-state index < -0.39 is 22.0 Å². The van der Waals surface area contributed by atoms with Gasteiger partial charge in [0.25, 0.3) is 0 Å². The second-order valence-corrected chi connectivity index (χ2v) is 8.75. The molecule has 0 aromatic heterocycles. The summed E-state index contributed by atoms with van der Waals surface area (Å²) in [6.07, 6.45) is 0. The van der Waals surface area contributed by atoms with Crippen molar-refractivity contribution in [3.63, 3.8) is 0 Å². The number of carbonyl (C=O) groups is 2. The number of piperazine rings is 1. The highest BCUT2D eigenvalue weighted by Crippen LogP contribution is 2.20. The normalized spacial score (nSPS) is 15.1. The van der Waals surface area contributed by atoms with Crippen LogP contribution in [0.1, 0.15) is 5.56 Å². The predicted molar refractivity (Wildman–Crippen MR) is 107 cm³/mol. The van der Waals surface area contributed by atoms with E-state index >= 15 is 0 Å². The average molecular weight is 459 g/mol. The van der Waals surface area contributed by atoms with Crippen LogP contribution in [0.25, 0.3) is 0 Å². The van der Waals surface area contributed by atoms with Gasteiger partial charge in [-0.1, -0.05) is 23.7 Å². The number of carboxylic acids is 2. The Morgan fingerprint density at radius 2 is 1.53 bits per heavy atom. The van der Waals surface area contributed by atoms with Gasteiger partial charge in [0, 0.05) is 37.7 Å². The van der Waals surface area contributed by atoms with Crippen molar-refractivity contribution < 1.29 is 32.6 Å². The molecule has 8 nitrogen and oxygen atoms in total. The number of nitrogens with zero attached hydrogens (tertiary/aromatic N) is 2. The van der Waals surface area contributed by atoms with Gasteiger partial charge in [-0.25, -0.2) is 22.4 Å². The molecule has 0 unspecified atom stereocenters. The minimum absolute atomic E-state index is 0.253. The quantitative estimate of drug-likeness (QED) is 0.674. The smallest absolute Gasteiger partial charge is 0.414 e.